The van der Waals surface area contributed by atoms with Crippen LogP contribution in [-0.2, 0) is 16.4 Å². The minimum atomic E-state index is -3.26. The van der Waals surface area contributed by atoms with Crippen molar-refractivity contribution in [2.45, 2.75) is 31.5 Å². The highest BCUT2D eigenvalue weighted by Gasteiger charge is 2.42. The van der Waals surface area contributed by atoms with Crippen LogP contribution in [0.3, 0.4) is 0 Å². The Labute approximate surface area is 197 Å². The van der Waals surface area contributed by atoms with Gasteiger partial charge in [0, 0.05) is 29.2 Å². The maximum Gasteiger partial charge on any atom is 0.293 e. The number of nitro groups is 1. The Morgan fingerprint density at radius 1 is 1.15 bits per heavy atom. The van der Waals surface area contributed by atoms with Crippen molar-refractivity contribution in [3.05, 3.63) is 68.7 Å². The molecule has 9 nitrogen and oxygen atoms in total. The van der Waals surface area contributed by atoms with Gasteiger partial charge in [0.15, 0.2) is 9.84 Å². The van der Waals surface area contributed by atoms with Crippen LogP contribution < -0.4 is 10.6 Å². The van der Waals surface area contributed by atoms with Gasteiger partial charge in [-0.15, -0.1) is 0 Å². The zero-order valence-corrected chi connectivity index (χ0v) is 19.4. The van der Waals surface area contributed by atoms with Crippen LogP contribution in [0.15, 0.2) is 42.5 Å². The number of amides is 1. The highest BCUT2D eigenvalue weighted by Crippen LogP contribution is 2.28. The van der Waals surface area contributed by atoms with Crippen molar-refractivity contribution in [3.8, 4) is 0 Å². The summed E-state index contributed by atoms with van der Waals surface area (Å²) in [7, 11) is -3.26. The SMILES string of the molecule is O=C(NC1CS(=O)(=O)CC1N1CCCC1)c1ccc(NCc2ccccc2Cl)c([N+](=O)[O-])c1. The molecule has 2 aromatic carbocycles. The molecule has 2 fully saturated rings. The van der Waals surface area contributed by atoms with Crippen molar-refractivity contribution in [2.75, 3.05) is 29.9 Å². The number of carbonyl (C=O) groups is 1. The minimum absolute atomic E-state index is 0.0169. The highest BCUT2D eigenvalue weighted by atomic mass is 35.5. The Morgan fingerprint density at radius 3 is 2.58 bits per heavy atom. The van der Waals surface area contributed by atoms with Gasteiger partial charge in [-0.3, -0.25) is 19.8 Å². The highest BCUT2D eigenvalue weighted by molar-refractivity contribution is 7.91. The van der Waals surface area contributed by atoms with Crippen LogP contribution in [0.2, 0.25) is 5.02 Å². The van der Waals surface area contributed by atoms with Gasteiger partial charge in [0.05, 0.1) is 22.5 Å². The molecule has 0 aromatic heterocycles. The molecule has 2 aliphatic heterocycles. The number of carbonyl (C=O) groups excluding carboxylic acids is 1. The zero-order valence-electron chi connectivity index (χ0n) is 17.9. The summed E-state index contributed by atoms with van der Waals surface area (Å²) in [6, 6.07) is 10.5. The first kappa shape index (κ1) is 23.5. The van der Waals surface area contributed by atoms with Crippen LogP contribution in [0.25, 0.3) is 0 Å². The van der Waals surface area contributed by atoms with Gasteiger partial charge in [-0.2, -0.15) is 0 Å². The quantitative estimate of drug-likeness (QED) is 0.450. The van der Waals surface area contributed by atoms with Gasteiger partial charge >= 0.3 is 0 Å². The summed E-state index contributed by atoms with van der Waals surface area (Å²) in [5.74, 6) is -0.635. The Balaban J connectivity index is 1.50. The lowest BCUT2D eigenvalue weighted by Gasteiger charge is -2.28. The van der Waals surface area contributed by atoms with Crippen molar-refractivity contribution < 1.29 is 18.1 Å². The Kier molecular flexibility index (Phi) is 6.87. The number of hydrogen-bond donors (Lipinski definition) is 2. The van der Waals surface area contributed by atoms with E-state index < -0.39 is 26.7 Å². The molecule has 2 saturated heterocycles. The molecule has 2 aromatic rings. The molecular weight excluding hydrogens is 468 g/mol. The first-order chi connectivity index (χ1) is 15.7. The number of rotatable bonds is 7. The van der Waals surface area contributed by atoms with Crippen molar-refractivity contribution in [1.29, 1.82) is 0 Å². The standard InChI is InChI=1S/C22H25ClN4O5S/c23-17-6-2-1-5-16(17)12-24-18-8-7-15(11-20(18)27(29)30)22(28)25-19-13-33(31,32)14-21(19)26-9-3-4-10-26/h1-2,5-8,11,19,21,24H,3-4,9-10,12-14H2,(H,25,28). The molecule has 2 N–H and O–H groups in total. The molecule has 11 heteroatoms. The van der Waals surface area contributed by atoms with Gasteiger partial charge < -0.3 is 10.6 Å². The van der Waals surface area contributed by atoms with E-state index in [0.29, 0.717) is 5.02 Å². The molecule has 2 aliphatic rings. The lowest BCUT2D eigenvalue weighted by Crippen LogP contribution is -2.50. The van der Waals surface area contributed by atoms with E-state index >= 15 is 0 Å². The van der Waals surface area contributed by atoms with Crippen LogP contribution in [-0.4, -0.2) is 60.8 Å². The van der Waals surface area contributed by atoms with Crippen LogP contribution in [0.5, 0.6) is 0 Å². The lowest BCUT2D eigenvalue weighted by atomic mass is 10.1. The summed E-state index contributed by atoms with van der Waals surface area (Å²) < 4.78 is 24.5. The van der Waals surface area contributed by atoms with Crippen LogP contribution in [0, 0.1) is 10.1 Å². The van der Waals surface area contributed by atoms with E-state index in [0.717, 1.165) is 31.5 Å². The van der Waals surface area contributed by atoms with E-state index in [1.807, 2.05) is 12.1 Å². The molecular formula is C22H25ClN4O5S. The molecule has 2 unspecified atom stereocenters. The number of nitro benzene ring substituents is 1. The normalized spacial score (nSPS) is 22.2. The van der Waals surface area contributed by atoms with E-state index in [1.54, 1.807) is 12.1 Å². The molecule has 1 amide bonds. The smallest absolute Gasteiger partial charge is 0.293 e. The average Bonchev–Trinajstić information content (AvgIpc) is 3.40. The van der Waals surface area contributed by atoms with Gasteiger partial charge in [0.1, 0.15) is 5.69 Å². The van der Waals surface area contributed by atoms with Crippen LogP contribution in [0.1, 0.15) is 28.8 Å². The summed E-state index contributed by atoms with van der Waals surface area (Å²) in [6.07, 6.45) is 2.01. The van der Waals surface area contributed by atoms with Crippen LogP contribution >= 0.6 is 11.6 Å². The largest absolute Gasteiger partial charge is 0.375 e. The fourth-order valence-corrected chi connectivity index (χ4v) is 6.61. The molecule has 2 heterocycles. The molecule has 0 spiro atoms. The number of halogens is 1. The summed E-state index contributed by atoms with van der Waals surface area (Å²) in [4.78, 5) is 26.1. The number of hydrogen-bond acceptors (Lipinski definition) is 7. The number of benzene rings is 2. The molecule has 0 aliphatic carbocycles. The van der Waals surface area contributed by atoms with Crippen molar-refractivity contribution >= 4 is 38.7 Å². The predicted molar refractivity (Wildman–Crippen MR) is 126 cm³/mol. The predicted octanol–water partition coefficient (Wildman–Crippen LogP) is 2.85. The molecule has 2 atom stereocenters. The third-order valence-corrected chi connectivity index (χ3v) is 8.22. The first-order valence-corrected chi connectivity index (χ1v) is 12.9. The molecule has 176 valence electrons. The molecule has 0 bridgehead atoms. The molecule has 33 heavy (non-hydrogen) atoms. The monoisotopic (exact) mass is 492 g/mol. The second kappa shape index (κ2) is 9.66. The number of nitrogens with zero attached hydrogens (tertiary/aromatic N) is 2. The third kappa shape index (κ3) is 5.45. The maximum atomic E-state index is 12.9. The topological polar surface area (TPSA) is 122 Å². The second-order valence-electron chi connectivity index (χ2n) is 8.40. The van der Waals surface area contributed by atoms with Gasteiger partial charge in [-0.05, 0) is 49.7 Å². The summed E-state index contributed by atoms with van der Waals surface area (Å²) in [5.41, 5.74) is 0.903. The Bertz CT molecular complexity index is 1170. The van der Waals surface area contributed by atoms with Crippen molar-refractivity contribution in [3.63, 3.8) is 0 Å². The third-order valence-electron chi connectivity index (χ3n) is 6.13. The van der Waals surface area contributed by atoms with E-state index in [-0.39, 0.29) is 41.0 Å². The van der Waals surface area contributed by atoms with Gasteiger partial charge in [0.2, 0.25) is 0 Å². The van der Waals surface area contributed by atoms with Gasteiger partial charge in [-0.25, -0.2) is 8.42 Å². The fraction of sp³-hybridized carbons (Fsp3) is 0.409. The average molecular weight is 493 g/mol. The summed E-state index contributed by atoms with van der Waals surface area (Å²) in [6.45, 7) is 1.90. The van der Waals surface area contributed by atoms with Crippen molar-refractivity contribution in [2.24, 2.45) is 0 Å². The Hall–Kier alpha value is -2.69. The zero-order chi connectivity index (χ0) is 23.6. The molecule has 0 saturated carbocycles. The van der Waals surface area contributed by atoms with Crippen molar-refractivity contribution in [1.82, 2.24) is 10.2 Å². The fourth-order valence-electron chi connectivity index (χ4n) is 4.46. The lowest BCUT2D eigenvalue weighted by molar-refractivity contribution is -0.384. The second-order valence-corrected chi connectivity index (χ2v) is 11.0. The van der Waals surface area contributed by atoms with Gasteiger partial charge in [0.25, 0.3) is 11.6 Å². The maximum absolute atomic E-state index is 12.9. The number of likely N-dealkylation sites (tertiary alicyclic amines) is 1. The molecule has 0 radical (unpaired) electrons. The van der Waals surface area contributed by atoms with E-state index in [4.69, 9.17) is 11.6 Å². The first-order valence-electron chi connectivity index (χ1n) is 10.7. The van der Waals surface area contributed by atoms with Gasteiger partial charge in [-0.1, -0.05) is 29.8 Å². The number of sulfone groups is 1. The van der Waals surface area contributed by atoms with E-state index in [2.05, 4.69) is 15.5 Å². The molecule has 4 rings (SSSR count). The van der Waals surface area contributed by atoms with Crippen LogP contribution in [0.4, 0.5) is 11.4 Å². The Morgan fingerprint density at radius 2 is 1.88 bits per heavy atom. The minimum Gasteiger partial charge on any atom is -0.375 e. The summed E-state index contributed by atoms with van der Waals surface area (Å²) >= 11 is 6.15. The van der Waals surface area contributed by atoms with E-state index in [9.17, 15) is 23.3 Å². The number of nitrogens with one attached hydrogen (secondary N) is 2. The number of anilines is 1. The summed E-state index contributed by atoms with van der Waals surface area (Å²) in [5, 5.41) is 18.0. The van der Waals surface area contributed by atoms with E-state index in [1.165, 1.54) is 18.2 Å².